The van der Waals surface area contributed by atoms with Crippen LogP contribution in [0, 0.1) is 25.2 Å². The van der Waals surface area contributed by atoms with E-state index in [9.17, 15) is 5.26 Å². The average molecular weight is 236 g/mol. The van der Waals surface area contributed by atoms with Crippen molar-refractivity contribution in [2.45, 2.75) is 13.8 Å². The minimum atomic E-state index is 0.698. The number of allylic oxidation sites excluding steroid dienone is 1. The van der Waals surface area contributed by atoms with Gasteiger partial charge in [0.15, 0.2) is 0 Å². The molecule has 2 heteroatoms. The number of nitrogens with zero attached hydrogens (tertiary/aromatic N) is 2. The number of benzene rings is 1. The van der Waals surface area contributed by atoms with Gasteiger partial charge in [0.25, 0.3) is 0 Å². The van der Waals surface area contributed by atoms with Crippen LogP contribution in [0.2, 0.25) is 0 Å². The fourth-order valence-electron chi connectivity index (χ4n) is 1.98. The predicted molar refractivity (Wildman–Crippen MR) is 74.8 cm³/mol. The van der Waals surface area contributed by atoms with Crippen molar-refractivity contribution in [1.82, 2.24) is 4.57 Å². The Balaban J connectivity index is 2.49. The lowest BCUT2D eigenvalue weighted by molar-refractivity contribution is 0.843. The zero-order valence-electron chi connectivity index (χ0n) is 10.9. The van der Waals surface area contributed by atoms with Crippen LogP contribution in [0.4, 0.5) is 0 Å². The number of hydrogen-bond donors (Lipinski definition) is 0. The molecule has 0 aliphatic rings. The second kappa shape index (κ2) is 4.93. The summed E-state index contributed by atoms with van der Waals surface area (Å²) in [6.07, 6.45) is 1.96. The molecule has 0 unspecified atom stereocenters. The van der Waals surface area contributed by atoms with E-state index in [-0.39, 0.29) is 0 Å². The van der Waals surface area contributed by atoms with Gasteiger partial charge < -0.3 is 4.57 Å². The van der Waals surface area contributed by atoms with Gasteiger partial charge in [-0.3, -0.25) is 0 Å². The third-order valence-electron chi connectivity index (χ3n) is 3.32. The summed E-state index contributed by atoms with van der Waals surface area (Å²) in [5.74, 6) is 0. The molecule has 1 aromatic carbocycles. The zero-order valence-corrected chi connectivity index (χ0v) is 10.9. The van der Waals surface area contributed by atoms with Crippen LogP contribution in [-0.2, 0) is 7.05 Å². The maximum absolute atomic E-state index is 9.28. The van der Waals surface area contributed by atoms with Gasteiger partial charge in [0, 0.05) is 18.4 Å². The summed E-state index contributed by atoms with van der Waals surface area (Å²) in [5.41, 5.74) is 5.14. The smallest absolute Gasteiger partial charge is 0.0998 e. The Morgan fingerprint density at radius 1 is 1.22 bits per heavy atom. The molecule has 0 bridgehead atoms. The van der Waals surface area contributed by atoms with Crippen molar-refractivity contribution in [2.75, 3.05) is 0 Å². The SMILES string of the molecule is Cc1cc(/C=C(\C#N)c2ccccc2)c(C)n1C. The summed E-state index contributed by atoms with van der Waals surface area (Å²) in [6.45, 7) is 4.14. The lowest BCUT2D eigenvalue weighted by Gasteiger charge is -2.01. The molecule has 0 N–H and O–H groups in total. The average Bonchev–Trinajstić information content (AvgIpc) is 2.64. The Morgan fingerprint density at radius 3 is 2.39 bits per heavy atom. The van der Waals surface area contributed by atoms with Crippen LogP contribution < -0.4 is 0 Å². The molecule has 90 valence electrons. The largest absolute Gasteiger partial charge is 0.352 e. The predicted octanol–water partition coefficient (Wildman–Crippen LogP) is 3.71. The van der Waals surface area contributed by atoms with Gasteiger partial charge >= 0.3 is 0 Å². The summed E-state index contributed by atoms with van der Waals surface area (Å²) in [4.78, 5) is 0. The molecule has 0 aliphatic heterocycles. The number of rotatable bonds is 2. The van der Waals surface area contributed by atoms with Crippen molar-refractivity contribution in [3.63, 3.8) is 0 Å². The van der Waals surface area contributed by atoms with Gasteiger partial charge in [-0.05, 0) is 37.1 Å². The summed E-state index contributed by atoms with van der Waals surface area (Å²) in [7, 11) is 2.04. The minimum Gasteiger partial charge on any atom is -0.352 e. The van der Waals surface area contributed by atoms with Gasteiger partial charge in [0.2, 0.25) is 0 Å². The van der Waals surface area contributed by atoms with Gasteiger partial charge in [-0.2, -0.15) is 5.26 Å². The van der Waals surface area contributed by atoms with E-state index in [1.807, 2.05) is 43.5 Å². The Bertz CT molecular complexity index is 625. The molecule has 18 heavy (non-hydrogen) atoms. The highest BCUT2D eigenvalue weighted by Crippen LogP contribution is 2.21. The summed E-state index contributed by atoms with van der Waals surface area (Å²) >= 11 is 0. The molecule has 0 fully saturated rings. The lowest BCUT2D eigenvalue weighted by atomic mass is 10.0. The summed E-state index contributed by atoms with van der Waals surface area (Å²) in [5, 5.41) is 9.28. The van der Waals surface area contributed by atoms with Gasteiger partial charge in [0.05, 0.1) is 11.6 Å². The minimum absolute atomic E-state index is 0.698. The lowest BCUT2D eigenvalue weighted by Crippen LogP contribution is -1.92. The van der Waals surface area contributed by atoms with Crippen molar-refractivity contribution in [3.05, 3.63) is 58.9 Å². The highest BCUT2D eigenvalue weighted by atomic mass is 14.9. The molecule has 0 saturated heterocycles. The number of nitriles is 1. The molecule has 2 aromatic rings. The van der Waals surface area contributed by atoms with Crippen LogP contribution in [0.25, 0.3) is 11.6 Å². The highest BCUT2D eigenvalue weighted by Gasteiger charge is 2.06. The first-order chi connectivity index (χ1) is 8.63. The zero-order chi connectivity index (χ0) is 13.1. The maximum Gasteiger partial charge on any atom is 0.0998 e. The molecule has 0 amide bonds. The van der Waals surface area contributed by atoms with Gasteiger partial charge in [-0.15, -0.1) is 0 Å². The quantitative estimate of drug-likeness (QED) is 0.731. The van der Waals surface area contributed by atoms with Gasteiger partial charge in [0.1, 0.15) is 0 Å². The van der Waals surface area contributed by atoms with E-state index in [4.69, 9.17) is 0 Å². The van der Waals surface area contributed by atoms with Gasteiger partial charge in [-0.25, -0.2) is 0 Å². The molecular weight excluding hydrogens is 220 g/mol. The topological polar surface area (TPSA) is 28.7 Å². The van der Waals surface area contributed by atoms with Crippen LogP contribution in [0.15, 0.2) is 36.4 Å². The Hall–Kier alpha value is -2.27. The third kappa shape index (κ3) is 2.21. The molecule has 0 spiro atoms. The monoisotopic (exact) mass is 236 g/mol. The van der Waals surface area contributed by atoms with Gasteiger partial charge in [-0.1, -0.05) is 30.3 Å². The van der Waals surface area contributed by atoms with Crippen molar-refractivity contribution >= 4 is 11.6 Å². The first-order valence-corrected chi connectivity index (χ1v) is 5.93. The first-order valence-electron chi connectivity index (χ1n) is 5.93. The van der Waals surface area contributed by atoms with E-state index in [1.54, 1.807) is 0 Å². The van der Waals surface area contributed by atoms with Crippen molar-refractivity contribution < 1.29 is 0 Å². The van der Waals surface area contributed by atoms with Crippen molar-refractivity contribution in [3.8, 4) is 6.07 Å². The van der Waals surface area contributed by atoms with E-state index >= 15 is 0 Å². The molecule has 0 radical (unpaired) electrons. The Morgan fingerprint density at radius 2 is 1.89 bits per heavy atom. The third-order valence-corrected chi connectivity index (χ3v) is 3.32. The molecule has 1 aromatic heterocycles. The van der Waals surface area contributed by atoms with E-state index in [1.165, 1.54) is 11.4 Å². The van der Waals surface area contributed by atoms with Crippen LogP contribution in [0.1, 0.15) is 22.5 Å². The van der Waals surface area contributed by atoms with Crippen LogP contribution in [-0.4, -0.2) is 4.57 Å². The molecule has 0 aliphatic carbocycles. The van der Waals surface area contributed by atoms with E-state index in [2.05, 4.69) is 30.6 Å². The first kappa shape index (κ1) is 12.2. The molecule has 0 atom stereocenters. The normalized spacial score (nSPS) is 11.3. The maximum atomic E-state index is 9.28. The van der Waals surface area contributed by atoms with Crippen LogP contribution in [0.5, 0.6) is 0 Å². The fourth-order valence-corrected chi connectivity index (χ4v) is 1.98. The highest BCUT2D eigenvalue weighted by molar-refractivity contribution is 5.90. The van der Waals surface area contributed by atoms with E-state index in [0.717, 1.165) is 11.1 Å². The summed E-state index contributed by atoms with van der Waals surface area (Å²) < 4.78 is 2.13. The molecule has 0 saturated carbocycles. The molecule has 2 rings (SSSR count). The molecule has 2 nitrogen and oxygen atoms in total. The molecular formula is C16H16N2. The number of hydrogen-bond acceptors (Lipinski definition) is 1. The number of aryl methyl sites for hydroxylation is 1. The van der Waals surface area contributed by atoms with Crippen molar-refractivity contribution in [2.24, 2.45) is 7.05 Å². The van der Waals surface area contributed by atoms with Crippen molar-refractivity contribution in [1.29, 1.82) is 5.26 Å². The Kier molecular flexibility index (Phi) is 3.34. The number of aromatic nitrogens is 1. The van der Waals surface area contributed by atoms with Crippen LogP contribution in [0.3, 0.4) is 0 Å². The summed E-state index contributed by atoms with van der Waals surface area (Å²) in [6, 6.07) is 14.1. The van der Waals surface area contributed by atoms with E-state index in [0.29, 0.717) is 5.57 Å². The van der Waals surface area contributed by atoms with Crippen LogP contribution >= 0.6 is 0 Å². The fraction of sp³-hybridized carbons (Fsp3) is 0.188. The van der Waals surface area contributed by atoms with E-state index < -0.39 is 0 Å². The Labute approximate surface area is 108 Å². The second-order valence-corrected chi connectivity index (χ2v) is 4.42. The standard InChI is InChI=1S/C16H16N2/c1-12-9-15(13(2)18(12)3)10-16(11-17)14-7-5-4-6-8-14/h4-10H,1-3H3/b16-10+. The second-order valence-electron chi connectivity index (χ2n) is 4.42. The molecule has 1 heterocycles.